The van der Waals surface area contributed by atoms with E-state index in [2.05, 4.69) is 21.7 Å². The van der Waals surface area contributed by atoms with Crippen LogP contribution in [0.2, 0.25) is 0 Å². The van der Waals surface area contributed by atoms with Crippen LogP contribution in [0.15, 0.2) is 115 Å². The molecule has 8 heteroatoms. The lowest BCUT2D eigenvalue weighted by Crippen LogP contribution is -2.61. The number of hydrogen-bond acceptors (Lipinski definition) is 5. The van der Waals surface area contributed by atoms with Crippen molar-refractivity contribution in [1.82, 2.24) is 15.6 Å². The van der Waals surface area contributed by atoms with Crippen molar-refractivity contribution in [3.8, 4) is 0 Å². The lowest BCUT2D eigenvalue weighted by Gasteiger charge is -2.30. The highest BCUT2D eigenvalue weighted by molar-refractivity contribution is 6.03. The second kappa shape index (κ2) is 12.6. The maximum Gasteiger partial charge on any atom is 0.414 e. The summed E-state index contributed by atoms with van der Waals surface area (Å²) in [5.41, 5.74) is 8.34. The summed E-state index contributed by atoms with van der Waals surface area (Å²) in [5.74, 6) is -1.21. The summed E-state index contributed by atoms with van der Waals surface area (Å²) in [7, 11) is 0. The molecule has 0 aliphatic heterocycles. The van der Waals surface area contributed by atoms with Crippen LogP contribution in [0.4, 0.5) is 4.79 Å². The minimum atomic E-state index is -1.50. The first-order valence-corrected chi connectivity index (χ1v) is 14.8. The zero-order valence-electron chi connectivity index (χ0n) is 24.9. The van der Waals surface area contributed by atoms with Gasteiger partial charge >= 0.3 is 6.09 Å². The van der Waals surface area contributed by atoms with Gasteiger partial charge in [-0.25, -0.2) is 4.79 Å². The van der Waals surface area contributed by atoms with Gasteiger partial charge < -0.3 is 20.8 Å². The Balaban J connectivity index is 1.18. The molecule has 0 fully saturated rings. The van der Waals surface area contributed by atoms with Gasteiger partial charge in [0.15, 0.2) is 0 Å². The summed E-state index contributed by atoms with van der Waals surface area (Å²) < 4.78 is 5.61. The Morgan fingerprint density at radius 1 is 0.822 bits per heavy atom. The van der Waals surface area contributed by atoms with E-state index >= 15 is 0 Å². The minimum Gasteiger partial charge on any atom is -0.444 e. The van der Waals surface area contributed by atoms with E-state index in [1.165, 1.54) is 0 Å². The molecule has 226 valence electrons. The molecule has 2 atom stereocenters. The van der Waals surface area contributed by atoms with Crippen molar-refractivity contribution in [2.45, 2.75) is 38.0 Å². The largest absolute Gasteiger partial charge is 0.444 e. The molecular formula is C37H34N4O4. The lowest BCUT2D eigenvalue weighted by molar-refractivity contribution is -0.133. The van der Waals surface area contributed by atoms with Gasteiger partial charge in [-0.2, -0.15) is 0 Å². The number of hydrogen-bond donors (Lipinski definition) is 4. The highest BCUT2D eigenvalue weighted by Gasteiger charge is 2.38. The molecule has 45 heavy (non-hydrogen) atoms. The van der Waals surface area contributed by atoms with E-state index < -0.39 is 29.5 Å². The minimum absolute atomic E-state index is 0.0434. The number of nitrogens with one attached hydrogen (secondary N) is 3. The smallest absolute Gasteiger partial charge is 0.414 e. The molecule has 0 saturated carbocycles. The SMILES string of the molecule is CC(Cc1ccccc1)(NC(=O)[C@@H](N)Cc1c[nH]c2ccccc12)C(=O)NC(=O)OCc1c2ccccc2cc2ccccc12. The average molecular weight is 599 g/mol. The van der Waals surface area contributed by atoms with Gasteiger partial charge in [0, 0.05) is 29.1 Å². The number of para-hydroxylation sites is 1. The number of alkyl carbamates (subject to hydrolysis) is 1. The zero-order valence-corrected chi connectivity index (χ0v) is 24.9. The third-order valence-electron chi connectivity index (χ3n) is 8.20. The molecule has 1 aromatic heterocycles. The number of aromatic nitrogens is 1. The van der Waals surface area contributed by atoms with Crippen molar-refractivity contribution in [2.75, 3.05) is 0 Å². The fraction of sp³-hybridized carbons (Fsp3) is 0.162. The quantitative estimate of drug-likeness (QED) is 0.154. The van der Waals surface area contributed by atoms with Crippen LogP contribution >= 0.6 is 0 Å². The second-order valence-electron chi connectivity index (χ2n) is 11.5. The molecule has 6 aromatic rings. The predicted octanol–water partition coefficient (Wildman–Crippen LogP) is 5.91. The van der Waals surface area contributed by atoms with Gasteiger partial charge in [-0.15, -0.1) is 0 Å². The van der Waals surface area contributed by atoms with Crippen LogP contribution in [0.1, 0.15) is 23.6 Å². The average Bonchev–Trinajstić information content (AvgIpc) is 3.46. The molecule has 5 N–H and O–H groups in total. The fourth-order valence-corrected chi connectivity index (χ4v) is 5.85. The number of nitrogens with two attached hydrogens (primary N) is 1. The molecule has 0 saturated heterocycles. The number of rotatable bonds is 9. The molecule has 6 rings (SSSR count). The molecule has 3 amide bonds. The van der Waals surface area contributed by atoms with Crippen LogP contribution in [0, 0.1) is 0 Å². The molecule has 8 nitrogen and oxygen atoms in total. The topological polar surface area (TPSA) is 126 Å². The van der Waals surface area contributed by atoms with Gasteiger partial charge in [0.25, 0.3) is 5.91 Å². The maximum absolute atomic E-state index is 13.7. The predicted molar refractivity (Wildman–Crippen MR) is 176 cm³/mol. The van der Waals surface area contributed by atoms with E-state index in [1.54, 1.807) is 6.92 Å². The van der Waals surface area contributed by atoms with E-state index in [9.17, 15) is 14.4 Å². The summed E-state index contributed by atoms with van der Waals surface area (Å²) >= 11 is 0. The van der Waals surface area contributed by atoms with Crippen LogP contribution in [0.5, 0.6) is 0 Å². The van der Waals surface area contributed by atoms with Crippen molar-refractivity contribution >= 4 is 50.4 Å². The summed E-state index contributed by atoms with van der Waals surface area (Å²) in [6.07, 6.45) is 1.32. The summed E-state index contributed by atoms with van der Waals surface area (Å²) in [6, 6.07) is 34.0. The molecule has 0 radical (unpaired) electrons. The van der Waals surface area contributed by atoms with Crippen LogP contribution in [0.25, 0.3) is 32.4 Å². The molecule has 0 bridgehead atoms. The van der Waals surface area contributed by atoms with Crippen molar-refractivity contribution in [2.24, 2.45) is 5.73 Å². The number of fused-ring (bicyclic) bond motifs is 3. The zero-order chi connectivity index (χ0) is 31.4. The monoisotopic (exact) mass is 598 g/mol. The summed E-state index contributed by atoms with van der Waals surface area (Å²) in [6.45, 7) is 1.54. The van der Waals surface area contributed by atoms with Crippen LogP contribution in [0.3, 0.4) is 0 Å². The van der Waals surface area contributed by atoms with Gasteiger partial charge in [-0.3, -0.25) is 14.9 Å². The van der Waals surface area contributed by atoms with Gasteiger partial charge in [0.1, 0.15) is 12.1 Å². The van der Waals surface area contributed by atoms with Crippen molar-refractivity contribution < 1.29 is 19.1 Å². The van der Waals surface area contributed by atoms with E-state index in [-0.39, 0.29) is 19.4 Å². The lowest BCUT2D eigenvalue weighted by atomic mass is 9.91. The van der Waals surface area contributed by atoms with Crippen LogP contribution < -0.4 is 16.4 Å². The normalized spacial score (nSPS) is 13.3. The van der Waals surface area contributed by atoms with Gasteiger partial charge in [0.2, 0.25) is 5.91 Å². The first-order chi connectivity index (χ1) is 21.8. The Kier molecular flexibility index (Phi) is 8.31. The highest BCUT2D eigenvalue weighted by Crippen LogP contribution is 2.29. The maximum atomic E-state index is 13.7. The Morgan fingerprint density at radius 2 is 1.42 bits per heavy atom. The Morgan fingerprint density at radius 3 is 2.11 bits per heavy atom. The fourth-order valence-electron chi connectivity index (χ4n) is 5.85. The third kappa shape index (κ3) is 6.41. The summed E-state index contributed by atoms with van der Waals surface area (Å²) in [4.78, 5) is 43.4. The Bertz CT molecular complexity index is 1970. The summed E-state index contributed by atoms with van der Waals surface area (Å²) in [5, 5.41) is 10.1. The van der Waals surface area contributed by atoms with E-state index in [4.69, 9.17) is 10.5 Å². The number of carbonyl (C=O) groups is 3. The van der Waals surface area contributed by atoms with Crippen molar-refractivity contribution in [3.05, 3.63) is 132 Å². The number of ether oxygens (including phenoxy) is 1. The first-order valence-electron chi connectivity index (χ1n) is 14.8. The van der Waals surface area contributed by atoms with Crippen LogP contribution in [-0.4, -0.2) is 34.5 Å². The Hall–Kier alpha value is -5.47. The third-order valence-corrected chi connectivity index (χ3v) is 8.20. The molecule has 0 spiro atoms. The number of imide groups is 1. The molecule has 1 heterocycles. The molecule has 1 unspecified atom stereocenters. The molecular weight excluding hydrogens is 564 g/mol. The van der Waals surface area contributed by atoms with E-state index in [0.29, 0.717) is 0 Å². The number of benzene rings is 5. The molecule has 5 aromatic carbocycles. The highest BCUT2D eigenvalue weighted by atomic mass is 16.5. The first kappa shape index (κ1) is 29.6. The number of amides is 3. The van der Waals surface area contributed by atoms with Gasteiger partial charge in [-0.05, 0) is 58.1 Å². The van der Waals surface area contributed by atoms with Crippen LogP contribution in [-0.2, 0) is 33.8 Å². The standard InChI is InChI=1S/C37H34N4O4/c1-37(21-24-11-3-2-4-12-24,41-34(42)32(38)20-27-22-39-33-18-10-9-17-30(27)33)35(43)40-36(44)45-23-31-28-15-7-5-13-25(28)19-26-14-6-8-16-29(26)31/h2-19,22,32,39H,20-21,23,38H2,1H3,(H,41,42)(H,40,43,44)/t32-,37?/m0/s1. The molecule has 0 aliphatic carbocycles. The van der Waals surface area contributed by atoms with Gasteiger partial charge in [0.05, 0.1) is 6.04 Å². The number of H-pyrrole nitrogens is 1. The van der Waals surface area contributed by atoms with Gasteiger partial charge in [-0.1, -0.05) is 97.1 Å². The van der Waals surface area contributed by atoms with Crippen molar-refractivity contribution in [3.63, 3.8) is 0 Å². The van der Waals surface area contributed by atoms with Crippen molar-refractivity contribution in [1.29, 1.82) is 0 Å². The van der Waals surface area contributed by atoms with E-state index in [1.807, 2.05) is 109 Å². The number of carbonyl (C=O) groups excluding carboxylic acids is 3. The second-order valence-corrected chi connectivity index (χ2v) is 11.5. The molecule has 0 aliphatic rings. The number of aromatic amines is 1. The van der Waals surface area contributed by atoms with E-state index in [0.717, 1.165) is 49.1 Å². The Labute approximate surface area is 260 Å².